The van der Waals surface area contributed by atoms with Crippen molar-refractivity contribution in [1.82, 2.24) is 0 Å². The van der Waals surface area contributed by atoms with Gasteiger partial charge in [0.15, 0.2) is 0 Å². The van der Waals surface area contributed by atoms with Crippen molar-refractivity contribution in [3.63, 3.8) is 0 Å². The summed E-state index contributed by atoms with van der Waals surface area (Å²) in [5, 5.41) is 11.7. The van der Waals surface area contributed by atoms with Gasteiger partial charge in [-0.05, 0) is 47.9 Å². The molecule has 144 valence electrons. The summed E-state index contributed by atoms with van der Waals surface area (Å²) < 4.78 is 41.7. The van der Waals surface area contributed by atoms with Gasteiger partial charge in [-0.25, -0.2) is 4.79 Å². The Morgan fingerprint density at radius 3 is 2.26 bits per heavy atom. The number of hydrogen-bond donors (Lipinski definition) is 2. The second kappa shape index (κ2) is 8.68. The van der Waals surface area contributed by atoms with Crippen LogP contribution >= 0.6 is 0 Å². The lowest BCUT2D eigenvalue weighted by Gasteiger charge is -2.10. The van der Waals surface area contributed by atoms with Gasteiger partial charge < -0.3 is 15.2 Å². The molecule has 2 rings (SSSR count). The predicted octanol–water partition coefficient (Wildman–Crippen LogP) is 4.28. The van der Waals surface area contributed by atoms with E-state index in [-0.39, 0.29) is 29.8 Å². The summed E-state index contributed by atoms with van der Waals surface area (Å²) in [5.74, 6) is -1.64. The van der Waals surface area contributed by atoms with E-state index in [2.05, 4.69) is 5.32 Å². The number of rotatable bonds is 7. The van der Waals surface area contributed by atoms with E-state index in [9.17, 15) is 22.8 Å². The highest BCUT2D eigenvalue weighted by Crippen LogP contribution is 2.22. The molecule has 0 aliphatic carbocycles. The SMILES string of the molecule is COCc1cc(NC(=O)c2ccc(CCC(F)(F)F)cc2)cc(C(=O)O)c1. The van der Waals surface area contributed by atoms with Crippen molar-refractivity contribution in [2.45, 2.75) is 25.6 Å². The maximum absolute atomic E-state index is 12.3. The molecule has 8 heteroatoms. The van der Waals surface area contributed by atoms with Crippen LogP contribution in [-0.4, -0.2) is 30.3 Å². The van der Waals surface area contributed by atoms with Gasteiger partial charge in [0.1, 0.15) is 0 Å². The molecule has 2 N–H and O–H groups in total. The van der Waals surface area contributed by atoms with Gasteiger partial charge in [0.2, 0.25) is 0 Å². The smallest absolute Gasteiger partial charge is 0.389 e. The minimum atomic E-state index is -4.23. The molecule has 0 fully saturated rings. The van der Waals surface area contributed by atoms with Gasteiger partial charge in [0, 0.05) is 24.8 Å². The Kier molecular flexibility index (Phi) is 6.57. The molecule has 27 heavy (non-hydrogen) atoms. The molecule has 2 aromatic rings. The monoisotopic (exact) mass is 381 g/mol. The Hall–Kier alpha value is -2.87. The van der Waals surface area contributed by atoms with E-state index in [1.807, 2.05) is 0 Å². The number of ether oxygens (including phenoxy) is 1. The highest BCUT2D eigenvalue weighted by Gasteiger charge is 2.26. The maximum atomic E-state index is 12.3. The predicted molar refractivity (Wildman–Crippen MR) is 92.9 cm³/mol. The van der Waals surface area contributed by atoms with Crippen molar-refractivity contribution in [1.29, 1.82) is 0 Å². The summed E-state index contributed by atoms with van der Waals surface area (Å²) in [4.78, 5) is 23.5. The molecule has 0 heterocycles. The largest absolute Gasteiger partial charge is 0.478 e. The standard InChI is InChI=1S/C19H18F3NO4/c1-27-11-13-8-15(18(25)26)10-16(9-13)23-17(24)14-4-2-12(3-5-14)6-7-19(20,21)22/h2-5,8-10H,6-7,11H2,1H3,(H,23,24)(H,25,26). The molecule has 2 aromatic carbocycles. The first kappa shape index (κ1) is 20.4. The van der Waals surface area contributed by atoms with Gasteiger partial charge in [-0.1, -0.05) is 12.1 Å². The Morgan fingerprint density at radius 1 is 1.04 bits per heavy atom. The van der Waals surface area contributed by atoms with Crippen molar-refractivity contribution >= 4 is 17.6 Å². The number of anilines is 1. The number of aryl methyl sites for hydroxylation is 1. The number of carboxylic acid groups (broad SMARTS) is 1. The number of carbonyl (C=O) groups is 2. The van der Waals surface area contributed by atoms with Gasteiger partial charge in [0.05, 0.1) is 12.2 Å². The fourth-order valence-corrected chi connectivity index (χ4v) is 2.45. The molecule has 0 saturated carbocycles. The molecule has 0 radical (unpaired) electrons. The zero-order chi connectivity index (χ0) is 20.0. The zero-order valence-corrected chi connectivity index (χ0v) is 14.5. The lowest BCUT2D eigenvalue weighted by Crippen LogP contribution is -2.13. The van der Waals surface area contributed by atoms with Crippen molar-refractivity contribution < 1.29 is 32.6 Å². The normalized spacial score (nSPS) is 11.3. The molecule has 5 nitrogen and oxygen atoms in total. The molecule has 0 bridgehead atoms. The second-order valence-electron chi connectivity index (χ2n) is 5.92. The van der Waals surface area contributed by atoms with Crippen LogP contribution in [0.5, 0.6) is 0 Å². The van der Waals surface area contributed by atoms with E-state index >= 15 is 0 Å². The molecule has 0 unspecified atom stereocenters. The molecule has 0 aromatic heterocycles. The Bertz CT molecular complexity index is 817. The number of benzene rings is 2. The highest BCUT2D eigenvalue weighted by molar-refractivity contribution is 6.04. The molecular formula is C19H18F3NO4. The lowest BCUT2D eigenvalue weighted by atomic mass is 10.1. The summed E-state index contributed by atoms with van der Waals surface area (Å²) in [6, 6.07) is 10.1. The van der Waals surface area contributed by atoms with E-state index < -0.39 is 24.5 Å². The van der Waals surface area contributed by atoms with E-state index in [0.29, 0.717) is 11.1 Å². The van der Waals surface area contributed by atoms with Crippen LogP contribution in [0.15, 0.2) is 42.5 Å². The van der Waals surface area contributed by atoms with E-state index in [1.54, 1.807) is 6.07 Å². The number of aromatic carboxylic acids is 1. The number of carboxylic acids is 1. The quantitative estimate of drug-likeness (QED) is 0.751. The van der Waals surface area contributed by atoms with Gasteiger partial charge in [0.25, 0.3) is 5.91 Å². The van der Waals surface area contributed by atoms with E-state index in [4.69, 9.17) is 9.84 Å². The molecule has 0 spiro atoms. The van der Waals surface area contributed by atoms with Crippen LogP contribution in [0, 0.1) is 0 Å². The van der Waals surface area contributed by atoms with Crippen LogP contribution < -0.4 is 5.32 Å². The third-order valence-electron chi connectivity index (χ3n) is 3.72. The van der Waals surface area contributed by atoms with Crippen LogP contribution in [0.2, 0.25) is 0 Å². The number of carbonyl (C=O) groups excluding carboxylic acids is 1. The Morgan fingerprint density at radius 2 is 1.70 bits per heavy atom. The number of methoxy groups -OCH3 is 1. The van der Waals surface area contributed by atoms with Gasteiger partial charge in [-0.3, -0.25) is 4.79 Å². The molecule has 1 amide bonds. The van der Waals surface area contributed by atoms with Crippen LogP contribution in [0.3, 0.4) is 0 Å². The Balaban J connectivity index is 2.11. The minimum Gasteiger partial charge on any atom is -0.478 e. The first-order valence-corrected chi connectivity index (χ1v) is 8.01. The fourth-order valence-electron chi connectivity index (χ4n) is 2.45. The summed E-state index contributed by atoms with van der Waals surface area (Å²) in [6.07, 6.45) is -5.32. The summed E-state index contributed by atoms with van der Waals surface area (Å²) in [5.41, 5.74) is 1.59. The fraction of sp³-hybridized carbons (Fsp3) is 0.263. The summed E-state index contributed by atoms with van der Waals surface area (Å²) >= 11 is 0. The molecule has 0 aliphatic heterocycles. The first-order chi connectivity index (χ1) is 12.7. The molecule has 0 aliphatic rings. The molecule has 0 saturated heterocycles. The third kappa shape index (κ3) is 6.41. The van der Waals surface area contributed by atoms with Gasteiger partial charge >= 0.3 is 12.1 Å². The summed E-state index contributed by atoms with van der Waals surface area (Å²) in [7, 11) is 1.46. The number of amides is 1. The topological polar surface area (TPSA) is 75.6 Å². The van der Waals surface area contributed by atoms with Crippen molar-refractivity contribution in [3.8, 4) is 0 Å². The number of alkyl halides is 3. The van der Waals surface area contributed by atoms with E-state index in [1.165, 1.54) is 43.5 Å². The molecular weight excluding hydrogens is 363 g/mol. The minimum absolute atomic E-state index is 0.00217. The van der Waals surface area contributed by atoms with Crippen LogP contribution in [0.25, 0.3) is 0 Å². The van der Waals surface area contributed by atoms with Crippen molar-refractivity contribution in [2.24, 2.45) is 0 Å². The third-order valence-corrected chi connectivity index (χ3v) is 3.72. The second-order valence-corrected chi connectivity index (χ2v) is 5.92. The maximum Gasteiger partial charge on any atom is 0.389 e. The lowest BCUT2D eigenvalue weighted by molar-refractivity contribution is -0.134. The highest BCUT2D eigenvalue weighted by atomic mass is 19.4. The summed E-state index contributed by atoms with van der Waals surface area (Å²) in [6.45, 7) is 0.178. The number of halogens is 3. The van der Waals surface area contributed by atoms with Crippen LogP contribution in [-0.2, 0) is 17.8 Å². The van der Waals surface area contributed by atoms with Gasteiger partial charge in [-0.2, -0.15) is 13.2 Å². The van der Waals surface area contributed by atoms with Gasteiger partial charge in [-0.15, -0.1) is 0 Å². The van der Waals surface area contributed by atoms with Crippen LogP contribution in [0.1, 0.15) is 38.3 Å². The van der Waals surface area contributed by atoms with E-state index in [0.717, 1.165) is 0 Å². The Labute approximate surface area is 153 Å². The van der Waals surface area contributed by atoms with Crippen molar-refractivity contribution in [3.05, 3.63) is 64.7 Å². The zero-order valence-electron chi connectivity index (χ0n) is 14.5. The first-order valence-electron chi connectivity index (χ1n) is 8.01. The average Bonchev–Trinajstić information content (AvgIpc) is 2.60. The molecule has 0 atom stereocenters. The average molecular weight is 381 g/mol. The number of nitrogens with one attached hydrogen (secondary N) is 1. The van der Waals surface area contributed by atoms with Crippen molar-refractivity contribution in [2.75, 3.05) is 12.4 Å². The number of hydrogen-bond acceptors (Lipinski definition) is 3. The van der Waals surface area contributed by atoms with Crippen LogP contribution in [0.4, 0.5) is 18.9 Å².